The maximum atomic E-state index is 8.56. The second-order valence-electron chi connectivity index (χ2n) is 4.37. The van der Waals surface area contributed by atoms with Gasteiger partial charge in [0.2, 0.25) is 0 Å². The van der Waals surface area contributed by atoms with Crippen LogP contribution in [0, 0.1) is 11.3 Å². The predicted octanol–water partition coefficient (Wildman–Crippen LogP) is 2.58. The minimum absolute atomic E-state index is 0.377. The van der Waals surface area contributed by atoms with Gasteiger partial charge < -0.3 is 10.1 Å². The Kier molecular flexibility index (Phi) is 4.00. The Morgan fingerprint density at radius 3 is 3.18 bits per heavy atom. The summed E-state index contributed by atoms with van der Waals surface area (Å²) in [7, 11) is 1.70. The zero-order valence-corrected chi connectivity index (χ0v) is 10.2. The van der Waals surface area contributed by atoms with E-state index in [1.807, 2.05) is 6.07 Å². The van der Waals surface area contributed by atoms with Crippen LogP contribution >= 0.6 is 0 Å². The summed E-state index contributed by atoms with van der Waals surface area (Å²) in [6.07, 6.45) is 4.07. The van der Waals surface area contributed by atoms with E-state index in [9.17, 15) is 0 Å². The molecule has 0 fully saturated rings. The summed E-state index contributed by atoms with van der Waals surface area (Å²) in [5.74, 6) is 0.915. The van der Waals surface area contributed by atoms with Crippen molar-refractivity contribution in [3.8, 4) is 11.8 Å². The van der Waals surface area contributed by atoms with Gasteiger partial charge in [-0.05, 0) is 42.5 Å². The van der Waals surface area contributed by atoms with E-state index in [0.29, 0.717) is 12.5 Å². The quantitative estimate of drug-likeness (QED) is 0.808. The Morgan fingerprint density at radius 1 is 1.53 bits per heavy atom. The second-order valence-corrected chi connectivity index (χ2v) is 4.37. The average Bonchev–Trinajstić information content (AvgIpc) is 2.39. The highest BCUT2D eigenvalue weighted by molar-refractivity contribution is 5.39. The molecule has 3 heteroatoms. The van der Waals surface area contributed by atoms with Crippen molar-refractivity contribution in [2.75, 3.05) is 13.7 Å². The van der Waals surface area contributed by atoms with Crippen molar-refractivity contribution in [1.82, 2.24) is 5.32 Å². The maximum Gasteiger partial charge on any atom is 0.119 e. The number of methoxy groups -OCH3 is 1. The molecule has 3 nitrogen and oxygen atoms in total. The molecule has 1 atom stereocenters. The number of rotatable bonds is 4. The van der Waals surface area contributed by atoms with Crippen LogP contribution in [0.2, 0.25) is 0 Å². The van der Waals surface area contributed by atoms with Crippen LogP contribution in [0.1, 0.15) is 36.4 Å². The Balaban J connectivity index is 2.14. The van der Waals surface area contributed by atoms with E-state index in [1.54, 1.807) is 7.11 Å². The third-order valence-electron chi connectivity index (χ3n) is 3.29. The highest BCUT2D eigenvalue weighted by atomic mass is 16.5. The Bertz CT molecular complexity index is 423. The zero-order chi connectivity index (χ0) is 12.1. The number of hydrogen-bond acceptors (Lipinski definition) is 3. The maximum absolute atomic E-state index is 8.56. The summed E-state index contributed by atoms with van der Waals surface area (Å²) in [5.41, 5.74) is 2.75. The second kappa shape index (κ2) is 5.70. The predicted molar refractivity (Wildman–Crippen MR) is 66.9 cm³/mol. The lowest BCUT2D eigenvalue weighted by Gasteiger charge is -2.26. The van der Waals surface area contributed by atoms with Crippen molar-refractivity contribution in [3.63, 3.8) is 0 Å². The van der Waals surface area contributed by atoms with E-state index in [0.717, 1.165) is 25.1 Å². The van der Waals surface area contributed by atoms with E-state index in [4.69, 9.17) is 10.00 Å². The molecular weight excluding hydrogens is 212 g/mol. The number of nitrogens with zero attached hydrogens (tertiary/aromatic N) is 1. The van der Waals surface area contributed by atoms with Crippen LogP contribution in [0.5, 0.6) is 5.75 Å². The van der Waals surface area contributed by atoms with E-state index < -0.39 is 0 Å². The summed E-state index contributed by atoms with van der Waals surface area (Å²) >= 11 is 0. The fraction of sp³-hybridized carbons (Fsp3) is 0.500. The SMILES string of the molecule is COc1ccc2c(c1)C(NCCC#N)CCC2. The molecular formula is C14H18N2O. The molecule has 1 N–H and O–H groups in total. The van der Waals surface area contributed by atoms with Crippen LogP contribution in [0.15, 0.2) is 18.2 Å². The highest BCUT2D eigenvalue weighted by Crippen LogP contribution is 2.32. The number of benzene rings is 1. The molecule has 0 bridgehead atoms. The van der Waals surface area contributed by atoms with Gasteiger partial charge in [-0.15, -0.1) is 0 Å². The van der Waals surface area contributed by atoms with Crippen LogP contribution < -0.4 is 10.1 Å². The lowest BCUT2D eigenvalue weighted by Crippen LogP contribution is -2.26. The zero-order valence-electron chi connectivity index (χ0n) is 10.2. The van der Waals surface area contributed by atoms with Gasteiger partial charge in [0.1, 0.15) is 5.75 Å². The van der Waals surface area contributed by atoms with E-state index in [2.05, 4.69) is 23.5 Å². The van der Waals surface area contributed by atoms with Gasteiger partial charge >= 0.3 is 0 Å². The first kappa shape index (κ1) is 11.9. The lowest BCUT2D eigenvalue weighted by atomic mass is 9.87. The van der Waals surface area contributed by atoms with Gasteiger partial charge in [-0.3, -0.25) is 0 Å². The molecule has 0 heterocycles. The van der Waals surface area contributed by atoms with Gasteiger partial charge in [0.15, 0.2) is 0 Å². The monoisotopic (exact) mass is 230 g/mol. The molecule has 0 saturated heterocycles. The number of nitrogens with one attached hydrogen (secondary N) is 1. The number of fused-ring (bicyclic) bond motifs is 1. The summed E-state index contributed by atoms with van der Waals surface area (Å²) in [5, 5.41) is 12.0. The molecule has 2 rings (SSSR count). The molecule has 17 heavy (non-hydrogen) atoms. The molecule has 1 aromatic rings. The minimum atomic E-state index is 0.377. The molecule has 0 radical (unpaired) electrons. The van der Waals surface area contributed by atoms with Crippen molar-refractivity contribution in [2.24, 2.45) is 0 Å². The van der Waals surface area contributed by atoms with E-state index in [-0.39, 0.29) is 0 Å². The smallest absolute Gasteiger partial charge is 0.119 e. The fourth-order valence-corrected chi connectivity index (χ4v) is 2.42. The van der Waals surface area contributed by atoms with Gasteiger partial charge in [0, 0.05) is 19.0 Å². The number of hydrogen-bond donors (Lipinski definition) is 1. The van der Waals surface area contributed by atoms with Crippen molar-refractivity contribution in [3.05, 3.63) is 29.3 Å². The Morgan fingerprint density at radius 2 is 2.41 bits per heavy atom. The molecule has 1 unspecified atom stereocenters. The minimum Gasteiger partial charge on any atom is -0.497 e. The van der Waals surface area contributed by atoms with Crippen LogP contribution in [0.25, 0.3) is 0 Å². The van der Waals surface area contributed by atoms with E-state index in [1.165, 1.54) is 17.5 Å². The normalized spacial score (nSPS) is 18.2. The molecule has 0 aliphatic heterocycles. The molecule has 0 spiro atoms. The molecule has 90 valence electrons. The first-order chi connectivity index (χ1) is 8.35. The largest absolute Gasteiger partial charge is 0.497 e. The van der Waals surface area contributed by atoms with Gasteiger partial charge in [-0.25, -0.2) is 0 Å². The van der Waals surface area contributed by atoms with Crippen molar-refractivity contribution in [2.45, 2.75) is 31.7 Å². The Labute approximate surface area is 102 Å². The van der Waals surface area contributed by atoms with Crippen LogP contribution in [-0.2, 0) is 6.42 Å². The van der Waals surface area contributed by atoms with Gasteiger partial charge in [-0.2, -0.15) is 5.26 Å². The first-order valence-electron chi connectivity index (χ1n) is 6.12. The topological polar surface area (TPSA) is 45.0 Å². The van der Waals surface area contributed by atoms with Crippen molar-refractivity contribution in [1.29, 1.82) is 5.26 Å². The highest BCUT2D eigenvalue weighted by Gasteiger charge is 2.19. The third kappa shape index (κ3) is 2.78. The third-order valence-corrected chi connectivity index (χ3v) is 3.29. The average molecular weight is 230 g/mol. The molecule has 0 saturated carbocycles. The lowest BCUT2D eigenvalue weighted by molar-refractivity contribution is 0.409. The number of ether oxygens (including phenoxy) is 1. The van der Waals surface area contributed by atoms with Gasteiger partial charge in [-0.1, -0.05) is 6.07 Å². The molecule has 1 aliphatic carbocycles. The summed E-state index contributed by atoms with van der Waals surface area (Å²) in [4.78, 5) is 0. The molecule has 0 amide bonds. The van der Waals surface area contributed by atoms with Crippen molar-refractivity contribution < 1.29 is 4.74 Å². The van der Waals surface area contributed by atoms with Crippen LogP contribution in [-0.4, -0.2) is 13.7 Å². The number of nitriles is 1. The molecule has 1 aliphatic rings. The van der Waals surface area contributed by atoms with E-state index >= 15 is 0 Å². The van der Waals surface area contributed by atoms with Gasteiger partial charge in [0.25, 0.3) is 0 Å². The fourth-order valence-electron chi connectivity index (χ4n) is 2.42. The van der Waals surface area contributed by atoms with Crippen LogP contribution in [0.3, 0.4) is 0 Å². The first-order valence-corrected chi connectivity index (χ1v) is 6.12. The van der Waals surface area contributed by atoms with Crippen LogP contribution in [0.4, 0.5) is 0 Å². The van der Waals surface area contributed by atoms with Crippen molar-refractivity contribution >= 4 is 0 Å². The summed E-state index contributed by atoms with van der Waals surface area (Å²) in [6.45, 7) is 0.762. The molecule has 0 aromatic heterocycles. The standard InChI is InChI=1S/C14H18N2O/c1-17-12-7-6-11-4-2-5-14(13(11)10-12)16-9-3-8-15/h6-7,10,14,16H,2-5,9H2,1H3. The summed E-state index contributed by atoms with van der Waals surface area (Å²) in [6, 6.07) is 8.85. The molecule has 1 aromatic carbocycles. The number of aryl methyl sites for hydroxylation is 1. The van der Waals surface area contributed by atoms with Gasteiger partial charge in [0.05, 0.1) is 13.2 Å². The Hall–Kier alpha value is -1.53. The summed E-state index contributed by atoms with van der Waals surface area (Å²) < 4.78 is 5.27.